The first-order valence-corrected chi connectivity index (χ1v) is 22.3. The minimum absolute atomic E-state index is 0.0591. The molecule has 2 aromatic rings. The molecule has 0 aromatic heterocycles. The molecule has 6 nitrogen and oxygen atoms in total. The highest BCUT2D eigenvalue weighted by atomic mass is 16.4. The van der Waals surface area contributed by atoms with Crippen LogP contribution in [0.25, 0.3) is 0 Å². The van der Waals surface area contributed by atoms with Gasteiger partial charge in [0.15, 0.2) is 5.71 Å². The molecule has 304 valence electrons. The van der Waals surface area contributed by atoms with Gasteiger partial charge in [-0.05, 0) is 62.9 Å². The minimum Gasteiger partial charge on any atom is -0.506 e. The topological polar surface area (TPSA) is 80.9 Å². The van der Waals surface area contributed by atoms with Gasteiger partial charge in [-0.3, -0.25) is 4.79 Å². The van der Waals surface area contributed by atoms with Gasteiger partial charge in [0.25, 0.3) is 0 Å². The smallest absolute Gasteiger partial charge is 0.335 e. The highest BCUT2D eigenvalue weighted by molar-refractivity contribution is 6.24. The fourth-order valence-corrected chi connectivity index (χ4v) is 9.63. The summed E-state index contributed by atoms with van der Waals surface area (Å²) in [5.74, 6) is -0.982. The number of para-hydroxylation sites is 1. The fourth-order valence-electron chi connectivity index (χ4n) is 9.63. The standard InChI is InChI=1S/C50H70N2O4/c1-7-10-13-16-18-19-21-25-32-50(31-24-20-17-14-11-8-2)41-34-37(48(55)56)29-30-43(41)52(33-26-15-12-9-3)45(50)36-39-46(53)38(47(39)54)35-44-49(4,5)40-27-22-23-28-42(40)51(44)6/h22-23,27-30,34-36H,7-21,24-26,31-33H2,1-6H3,(H-,53,54,55,56)/p+1. The van der Waals surface area contributed by atoms with E-state index in [0.717, 1.165) is 99.1 Å². The van der Waals surface area contributed by atoms with E-state index in [2.05, 4.69) is 62.3 Å². The Bertz CT molecular complexity index is 1830. The van der Waals surface area contributed by atoms with Gasteiger partial charge >= 0.3 is 5.97 Å². The molecule has 0 saturated heterocycles. The van der Waals surface area contributed by atoms with Crippen LogP contribution < -0.4 is 4.90 Å². The number of hydrogen-bond donors (Lipinski definition) is 2. The predicted molar refractivity (Wildman–Crippen MR) is 233 cm³/mol. The van der Waals surface area contributed by atoms with Gasteiger partial charge in [-0.25, -0.2) is 4.79 Å². The second-order valence-corrected chi connectivity index (χ2v) is 17.3. The summed E-state index contributed by atoms with van der Waals surface area (Å²) >= 11 is 0. The number of benzene rings is 2. The highest BCUT2D eigenvalue weighted by Gasteiger charge is 2.49. The SMILES string of the molecule is CCCCCCCCCCC1(CCCCCCCC)C(=CC2=C(O)C(=CC3=[N+](C)c4ccccc4C3(C)C)C2=O)N(CCCCCC)c2ccc(C(=O)O)cc21. The summed E-state index contributed by atoms with van der Waals surface area (Å²) in [6.45, 7) is 11.9. The lowest BCUT2D eigenvalue weighted by molar-refractivity contribution is -0.401. The van der Waals surface area contributed by atoms with E-state index in [1.807, 2.05) is 37.4 Å². The zero-order valence-corrected chi connectivity index (χ0v) is 35.7. The van der Waals surface area contributed by atoms with E-state index < -0.39 is 11.4 Å². The summed E-state index contributed by atoms with van der Waals surface area (Å²) in [4.78, 5) is 29.2. The average Bonchev–Trinajstić information content (AvgIpc) is 3.55. The highest BCUT2D eigenvalue weighted by Crippen LogP contribution is 2.55. The van der Waals surface area contributed by atoms with Crippen molar-refractivity contribution in [3.8, 4) is 0 Å². The Morgan fingerprint density at radius 2 is 1.29 bits per heavy atom. The fraction of sp³-hybridized carbons (Fsp3) is 0.580. The van der Waals surface area contributed by atoms with Gasteiger partial charge in [-0.15, -0.1) is 0 Å². The molecule has 6 heteroatoms. The van der Waals surface area contributed by atoms with Gasteiger partial charge in [-0.2, -0.15) is 4.58 Å². The number of nitrogens with zero attached hydrogens (tertiary/aromatic N) is 2. The Labute approximate surface area is 338 Å². The van der Waals surface area contributed by atoms with E-state index in [0.29, 0.717) is 16.7 Å². The normalized spacial score (nSPS) is 20.0. The monoisotopic (exact) mass is 764 g/mol. The van der Waals surface area contributed by atoms with E-state index in [4.69, 9.17) is 0 Å². The van der Waals surface area contributed by atoms with Crippen molar-refractivity contribution < 1.29 is 24.4 Å². The maximum atomic E-state index is 14.3. The van der Waals surface area contributed by atoms with Crippen molar-refractivity contribution in [2.45, 2.75) is 174 Å². The number of ketones is 1. The molecule has 2 heterocycles. The van der Waals surface area contributed by atoms with Crippen LogP contribution in [-0.2, 0) is 15.6 Å². The number of aliphatic hydroxyl groups is 1. The molecule has 1 aliphatic carbocycles. The Morgan fingerprint density at radius 1 is 0.732 bits per heavy atom. The lowest BCUT2D eigenvalue weighted by Gasteiger charge is -2.35. The third kappa shape index (κ3) is 9.27. The van der Waals surface area contributed by atoms with E-state index in [9.17, 15) is 19.8 Å². The number of allylic oxidation sites excluding steroid dienone is 5. The number of aromatic carboxylic acids is 1. The van der Waals surface area contributed by atoms with E-state index in [1.54, 1.807) is 6.07 Å². The van der Waals surface area contributed by atoms with Crippen molar-refractivity contribution in [2.24, 2.45) is 0 Å². The Morgan fingerprint density at radius 3 is 1.84 bits per heavy atom. The Kier molecular flexibility index (Phi) is 15.4. The zero-order chi connectivity index (χ0) is 40.3. The van der Waals surface area contributed by atoms with Gasteiger partial charge in [0.05, 0.1) is 22.1 Å². The van der Waals surface area contributed by atoms with Gasteiger partial charge in [0.1, 0.15) is 12.8 Å². The van der Waals surface area contributed by atoms with Crippen LogP contribution in [-0.4, -0.2) is 45.8 Å². The molecule has 2 aliphatic heterocycles. The third-order valence-electron chi connectivity index (χ3n) is 13.0. The van der Waals surface area contributed by atoms with Crippen LogP contribution in [0.1, 0.15) is 185 Å². The molecule has 0 spiro atoms. The number of hydrogen-bond acceptors (Lipinski definition) is 4. The van der Waals surface area contributed by atoms with Crippen LogP contribution in [0.5, 0.6) is 0 Å². The minimum atomic E-state index is -0.913. The number of carboxylic acids is 1. The summed E-state index contributed by atoms with van der Waals surface area (Å²) in [5, 5.41) is 22.1. The summed E-state index contributed by atoms with van der Waals surface area (Å²) in [6, 6.07) is 14.0. The molecule has 1 unspecified atom stereocenters. The van der Waals surface area contributed by atoms with Crippen LogP contribution in [0.4, 0.5) is 11.4 Å². The molecule has 0 fully saturated rings. The van der Waals surface area contributed by atoms with Crippen molar-refractivity contribution in [1.29, 1.82) is 0 Å². The van der Waals surface area contributed by atoms with Crippen LogP contribution in [0.15, 0.2) is 77.2 Å². The predicted octanol–water partition coefficient (Wildman–Crippen LogP) is 13.2. The molecule has 0 amide bonds. The van der Waals surface area contributed by atoms with E-state index in [1.165, 1.54) is 69.8 Å². The lowest BCUT2D eigenvalue weighted by Crippen LogP contribution is -2.34. The quantitative estimate of drug-likeness (QED) is 0.0632. The molecule has 0 radical (unpaired) electrons. The summed E-state index contributed by atoms with van der Waals surface area (Å²) in [6.07, 6.45) is 26.9. The number of aliphatic hydroxyl groups excluding tert-OH is 1. The van der Waals surface area contributed by atoms with Crippen molar-refractivity contribution >= 4 is 28.8 Å². The van der Waals surface area contributed by atoms with Gasteiger partial charge < -0.3 is 15.1 Å². The molecule has 2 aromatic carbocycles. The number of carbonyl (C=O) groups excluding carboxylic acids is 1. The number of carbonyl (C=O) groups is 2. The molecule has 2 N–H and O–H groups in total. The first-order chi connectivity index (χ1) is 27.0. The largest absolute Gasteiger partial charge is 0.506 e. The van der Waals surface area contributed by atoms with E-state index in [-0.39, 0.29) is 17.0 Å². The maximum absolute atomic E-state index is 14.3. The van der Waals surface area contributed by atoms with Crippen molar-refractivity contribution in [1.82, 2.24) is 0 Å². The van der Waals surface area contributed by atoms with Gasteiger partial charge in [0, 0.05) is 41.1 Å². The number of rotatable bonds is 24. The number of anilines is 1. The van der Waals surface area contributed by atoms with Gasteiger partial charge in [-0.1, -0.05) is 148 Å². The molecule has 0 saturated carbocycles. The number of Topliss-reactive ketones (excluding diaryl/α,β-unsaturated/α-hetero) is 1. The Hall–Kier alpha value is -3.93. The Balaban J connectivity index is 1.58. The average molecular weight is 764 g/mol. The molecule has 56 heavy (non-hydrogen) atoms. The number of fused-ring (bicyclic) bond motifs is 2. The second kappa shape index (κ2) is 20.0. The summed E-state index contributed by atoms with van der Waals surface area (Å²) in [7, 11) is 2.03. The first-order valence-electron chi connectivity index (χ1n) is 22.3. The van der Waals surface area contributed by atoms with Crippen LogP contribution >= 0.6 is 0 Å². The molecule has 3 aliphatic rings. The number of unbranched alkanes of at least 4 members (excludes halogenated alkanes) is 15. The molecule has 0 bridgehead atoms. The molecule has 5 rings (SSSR count). The summed E-state index contributed by atoms with van der Waals surface area (Å²) < 4.78 is 2.14. The van der Waals surface area contributed by atoms with Crippen LogP contribution in [0.3, 0.4) is 0 Å². The molecular formula is C50H71N2O4+. The van der Waals surface area contributed by atoms with Crippen LogP contribution in [0, 0.1) is 0 Å². The van der Waals surface area contributed by atoms with Gasteiger partial charge in [0.2, 0.25) is 11.5 Å². The maximum Gasteiger partial charge on any atom is 0.335 e. The van der Waals surface area contributed by atoms with Crippen molar-refractivity contribution in [3.63, 3.8) is 0 Å². The van der Waals surface area contributed by atoms with Crippen molar-refractivity contribution in [3.05, 3.63) is 93.9 Å². The third-order valence-corrected chi connectivity index (χ3v) is 13.0. The summed E-state index contributed by atoms with van der Waals surface area (Å²) in [5.41, 5.74) is 6.80. The van der Waals surface area contributed by atoms with Crippen LogP contribution in [0.2, 0.25) is 0 Å². The number of carboxylic acid groups (broad SMARTS) is 1. The molecular weight excluding hydrogens is 693 g/mol. The van der Waals surface area contributed by atoms with E-state index >= 15 is 0 Å². The second-order valence-electron chi connectivity index (χ2n) is 17.3. The first kappa shape index (κ1) is 43.2. The van der Waals surface area contributed by atoms with Crippen molar-refractivity contribution in [2.75, 3.05) is 18.5 Å². The zero-order valence-electron chi connectivity index (χ0n) is 35.7. The molecule has 1 atom stereocenters. The lowest BCUT2D eigenvalue weighted by atomic mass is 9.70.